The molecule has 0 amide bonds. The lowest BCUT2D eigenvalue weighted by Crippen LogP contribution is -2.15. The third kappa shape index (κ3) is 3.38. The summed E-state index contributed by atoms with van der Waals surface area (Å²) in [4.78, 5) is 14.4. The van der Waals surface area contributed by atoms with Crippen LogP contribution in [0, 0.1) is 13.8 Å². The van der Waals surface area contributed by atoms with Crippen molar-refractivity contribution in [2.45, 2.75) is 39.9 Å². The number of aromatic nitrogens is 3. The Morgan fingerprint density at radius 1 is 1.11 bits per heavy atom. The molecule has 1 N–H and O–H groups in total. The van der Waals surface area contributed by atoms with E-state index in [1.54, 1.807) is 31.5 Å². The zero-order chi connectivity index (χ0) is 19.2. The van der Waals surface area contributed by atoms with Crippen molar-refractivity contribution in [2.24, 2.45) is 0 Å². The molecule has 1 aromatic carbocycles. The van der Waals surface area contributed by atoms with Crippen molar-refractivity contribution in [1.29, 1.82) is 0 Å². The zero-order valence-corrected chi connectivity index (χ0v) is 16.6. The fourth-order valence-electron chi connectivity index (χ4n) is 3.15. The van der Waals surface area contributed by atoms with Gasteiger partial charge in [0.1, 0.15) is 22.5 Å². The third-order valence-corrected chi connectivity index (χ3v) is 5.61. The molecule has 5 nitrogen and oxygen atoms in total. The molecule has 138 valence electrons. The Kier molecular flexibility index (Phi) is 4.32. The van der Waals surface area contributed by atoms with E-state index in [2.05, 4.69) is 27.9 Å². The van der Waals surface area contributed by atoms with Gasteiger partial charge in [-0.3, -0.25) is 0 Å². The van der Waals surface area contributed by atoms with Gasteiger partial charge in [-0.2, -0.15) is 0 Å². The lowest BCUT2D eigenvalue weighted by atomic mass is 9.97. The predicted octanol–water partition coefficient (Wildman–Crippen LogP) is 4.66. The summed E-state index contributed by atoms with van der Waals surface area (Å²) < 4.78 is 6.92. The van der Waals surface area contributed by atoms with Crippen molar-refractivity contribution in [3.63, 3.8) is 0 Å². The molecule has 27 heavy (non-hydrogen) atoms. The molecule has 0 aliphatic carbocycles. The minimum Gasteiger partial charge on any atom is -0.472 e. The van der Waals surface area contributed by atoms with E-state index in [0.717, 1.165) is 42.8 Å². The summed E-state index contributed by atoms with van der Waals surface area (Å²) in [6.07, 6.45) is 1.54. The van der Waals surface area contributed by atoms with Crippen LogP contribution in [0.1, 0.15) is 36.2 Å². The van der Waals surface area contributed by atoms with Crippen molar-refractivity contribution in [2.75, 3.05) is 0 Å². The van der Waals surface area contributed by atoms with E-state index in [4.69, 9.17) is 4.74 Å². The highest BCUT2D eigenvalue weighted by molar-refractivity contribution is 7.25. The highest BCUT2D eigenvalue weighted by Crippen LogP contribution is 2.37. The Labute approximate surface area is 161 Å². The largest absolute Gasteiger partial charge is 0.472 e. The van der Waals surface area contributed by atoms with E-state index in [0.29, 0.717) is 12.5 Å². The van der Waals surface area contributed by atoms with Gasteiger partial charge in [-0.05, 0) is 50.5 Å². The van der Waals surface area contributed by atoms with Gasteiger partial charge in [0.05, 0.1) is 11.1 Å². The van der Waals surface area contributed by atoms with Crippen LogP contribution >= 0.6 is 11.3 Å². The van der Waals surface area contributed by atoms with Crippen LogP contribution in [-0.2, 0) is 12.2 Å². The molecule has 6 heteroatoms. The number of hydrogen-bond donors (Lipinski definition) is 1. The van der Waals surface area contributed by atoms with Crippen LogP contribution in [0.2, 0.25) is 0 Å². The van der Waals surface area contributed by atoms with Gasteiger partial charge in [0.15, 0.2) is 0 Å². The molecule has 0 saturated carbocycles. The van der Waals surface area contributed by atoms with Crippen molar-refractivity contribution >= 4 is 31.8 Å². The summed E-state index contributed by atoms with van der Waals surface area (Å²) in [5, 5.41) is 11.1. The maximum atomic E-state index is 10.1. The minimum absolute atomic E-state index is 0.401. The quantitative estimate of drug-likeness (QED) is 0.558. The zero-order valence-electron chi connectivity index (χ0n) is 15.8. The number of aryl methyl sites for hydroxylation is 2. The Hall–Kier alpha value is -2.57. The fraction of sp³-hybridized carbons (Fsp3) is 0.286. The molecule has 0 atom stereocenters. The number of hydrogen-bond acceptors (Lipinski definition) is 6. The summed E-state index contributed by atoms with van der Waals surface area (Å²) in [6, 6.07) is 9.84. The first-order valence-corrected chi connectivity index (χ1v) is 9.60. The molecule has 3 aromatic heterocycles. The lowest BCUT2D eigenvalue weighted by Gasteiger charge is -2.17. The molecule has 0 saturated heterocycles. The monoisotopic (exact) mass is 379 g/mol. The van der Waals surface area contributed by atoms with Gasteiger partial charge in [-0.25, -0.2) is 15.0 Å². The second-order valence-corrected chi connectivity index (χ2v) is 8.26. The van der Waals surface area contributed by atoms with Crippen LogP contribution < -0.4 is 4.74 Å². The number of thiophene rings is 1. The Bertz CT molecular complexity index is 1130. The van der Waals surface area contributed by atoms with Crippen LogP contribution in [0.3, 0.4) is 0 Å². The minimum atomic E-state index is -0.849. The van der Waals surface area contributed by atoms with Gasteiger partial charge in [-0.1, -0.05) is 24.3 Å². The number of fused-ring (bicyclic) bond motifs is 3. The smallest absolute Gasteiger partial charge is 0.235 e. The molecule has 0 radical (unpaired) electrons. The first kappa shape index (κ1) is 17.8. The summed E-state index contributed by atoms with van der Waals surface area (Å²) in [5.41, 5.74) is 4.09. The Balaban J connectivity index is 1.65. The Morgan fingerprint density at radius 2 is 1.85 bits per heavy atom. The van der Waals surface area contributed by atoms with E-state index >= 15 is 0 Å². The topological polar surface area (TPSA) is 68.1 Å². The maximum absolute atomic E-state index is 10.1. The summed E-state index contributed by atoms with van der Waals surface area (Å²) >= 11 is 1.56. The van der Waals surface area contributed by atoms with Crippen LogP contribution in [-0.4, -0.2) is 20.1 Å². The van der Waals surface area contributed by atoms with Crippen molar-refractivity contribution in [1.82, 2.24) is 15.0 Å². The highest BCUT2D eigenvalue weighted by atomic mass is 32.1. The molecule has 3 heterocycles. The standard InChI is InChI=1S/C21H21N3O2S/c1-12-9-13(2)24-20-16(12)17-18(27-20)19(23-11-22-17)26-10-14-5-7-15(8-6-14)21(3,4)25/h5-9,11,25H,10H2,1-4H3. The molecule has 4 aromatic rings. The van der Waals surface area contributed by atoms with Gasteiger partial charge >= 0.3 is 0 Å². The molecule has 0 fully saturated rings. The van der Waals surface area contributed by atoms with Gasteiger partial charge < -0.3 is 9.84 Å². The second-order valence-electron chi connectivity index (χ2n) is 7.26. The lowest BCUT2D eigenvalue weighted by molar-refractivity contribution is 0.0785. The molecule has 4 rings (SSSR count). The molecular weight excluding hydrogens is 358 g/mol. The molecule has 0 spiro atoms. The van der Waals surface area contributed by atoms with Crippen molar-refractivity contribution < 1.29 is 9.84 Å². The average molecular weight is 379 g/mol. The molecule has 0 aliphatic rings. The average Bonchev–Trinajstić information content (AvgIpc) is 2.98. The third-order valence-electron chi connectivity index (χ3n) is 4.55. The number of rotatable bonds is 4. The fourth-order valence-corrected chi connectivity index (χ4v) is 4.35. The first-order valence-electron chi connectivity index (χ1n) is 8.79. The molecule has 0 unspecified atom stereocenters. The maximum Gasteiger partial charge on any atom is 0.235 e. The molecular formula is C21H21N3O2S. The van der Waals surface area contributed by atoms with E-state index in [-0.39, 0.29) is 0 Å². The predicted molar refractivity (Wildman–Crippen MR) is 108 cm³/mol. The van der Waals surface area contributed by atoms with E-state index in [9.17, 15) is 5.11 Å². The number of nitrogens with zero attached hydrogens (tertiary/aromatic N) is 3. The van der Waals surface area contributed by atoms with E-state index in [1.807, 2.05) is 31.2 Å². The number of ether oxygens (including phenoxy) is 1. The molecule has 0 aliphatic heterocycles. The first-order chi connectivity index (χ1) is 12.8. The number of pyridine rings is 1. The SMILES string of the molecule is Cc1cc(C)c2c(n1)sc1c(OCc3ccc(C(C)(C)O)cc3)ncnc12. The second kappa shape index (κ2) is 6.55. The van der Waals surface area contributed by atoms with Crippen LogP contribution in [0.25, 0.3) is 20.4 Å². The van der Waals surface area contributed by atoms with Gasteiger partial charge in [0.25, 0.3) is 0 Å². The van der Waals surface area contributed by atoms with Gasteiger partial charge in [0, 0.05) is 11.1 Å². The number of aliphatic hydroxyl groups is 1. The highest BCUT2D eigenvalue weighted by Gasteiger charge is 2.17. The van der Waals surface area contributed by atoms with E-state index in [1.165, 1.54) is 0 Å². The molecule has 0 bridgehead atoms. The van der Waals surface area contributed by atoms with Gasteiger partial charge in [0.2, 0.25) is 5.88 Å². The normalized spacial score (nSPS) is 12.0. The number of benzene rings is 1. The van der Waals surface area contributed by atoms with Crippen LogP contribution in [0.4, 0.5) is 0 Å². The van der Waals surface area contributed by atoms with Crippen LogP contribution in [0.5, 0.6) is 5.88 Å². The van der Waals surface area contributed by atoms with Crippen molar-refractivity contribution in [3.8, 4) is 5.88 Å². The van der Waals surface area contributed by atoms with Crippen molar-refractivity contribution in [3.05, 3.63) is 59.0 Å². The van der Waals surface area contributed by atoms with E-state index < -0.39 is 5.60 Å². The summed E-state index contributed by atoms with van der Waals surface area (Å²) in [5.74, 6) is 0.576. The summed E-state index contributed by atoms with van der Waals surface area (Å²) in [6.45, 7) is 8.02. The van der Waals surface area contributed by atoms with Gasteiger partial charge in [-0.15, -0.1) is 11.3 Å². The Morgan fingerprint density at radius 3 is 2.56 bits per heavy atom. The van der Waals surface area contributed by atoms with Crippen LogP contribution in [0.15, 0.2) is 36.7 Å². The summed E-state index contributed by atoms with van der Waals surface area (Å²) in [7, 11) is 0.